The number of rotatable bonds is 5. The zero-order valence-corrected chi connectivity index (χ0v) is 10.4. The molecule has 2 aromatic heterocycles. The molecule has 0 spiro atoms. The molecule has 0 saturated carbocycles. The average molecular weight is 264 g/mol. The summed E-state index contributed by atoms with van der Waals surface area (Å²) in [7, 11) is 1.63. The zero-order valence-electron chi connectivity index (χ0n) is 10.4. The van der Waals surface area contributed by atoms with Gasteiger partial charge in [-0.3, -0.25) is 10.1 Å². The van der Waals surface area contributed by atoms with Gasteiger partial charge in [-0.15, -0.1) is 0 Å². The van der Waals surface area contributed by atoms with Crippen LogP contribution in [0.15, 0.2) is 16.8 Å². The molecular formula is C10H12N6O3. The molecule has 0 aliphatic rings. The van der Waals surface area contributed by atoms with E-state index in [4.69, 9.17) is 4.52 Å². The van der Waals surface area contributed by atoms with Crippen molar-refractivity contribution in [3.05, 3.63) is 33.8 Å². The minimum absolute atomic E-state index is 0.130. The van der Waals surface area contributed by atoms with E-state index < -0.39 is 4.92 Å². The topological polar surface area (TPSA) is 119 Å². The maximum Gasteiger partial charge on any atom is 0.329 e. The SMILES string of the molecule is CNc1ncc([N+](=O)[O-])c(NCc2cc(C)on2)n1. The lowest BCUT2D eigenvalue weighted by atomic mass is 10.3. The molecule has 0 unspecified atom stereocenters. The van der Waals surface area contributed by atoms with Crippen LogP contribution in [-0.2, 0) is 6.54 Å². The van der Waals surface area contributed by atoms with E-state index in [2.05, 4.69) is 25.8 Å². The Morgan fingerprint density at radius 1 is 1.53 bits per heavy atom. The van der Waals surface area contributed by atoms with Crippen LogP contribution in [0, 0.1) is 17.0 Å². The van der Waals surface area contributed by atoms with Crippen LogP contribution in [0.4, 0.5) is 17.5 Å². The average Bonchev–Trinajstić information content (AvgIpc) is 2.81. The summed E-state index contributed by atoms with van der Waals surface area (Å²) in [5.74, 6) is 1.10. The fourth-order valence-electron chi connectivity index (χ4n) is 1.44. The Kier molecular flexibility index (Phi) is 3.55. The molecule has 2 aromatic rings. The fraction of sp³-hybridized carbons (Fsp3) is 0.300. The van der Waals surface area contributed by atoms with Crippen molar-refractivity contribution in [2.24, 2.45) is 0 Å². The molecule has 19 heavy (non-hydrogen) atoms. The highest BCUT2D eigenvalue weighted by molar-refractivity contribution is 5.56. The van der Waals surface area contributed by atoms with Crippen LogP contribution in [0.25, 0.3) is 0 Å². The van der Waals surface area contributed by atoms with E-state index in [1.165, 1.54) is 0 Å². The molecule has 0 fully saturated rings. The van der Waals surface area contributed by atoms with Crippen LogP contribution in [0.5, 0.6) is 0 Å². The number of nitro groups is 1. The predicted octanol–water partition coefficient (Wildman–Crippen LogP) is 1.34. The Morgan fingerprint density at radius 2 is 2.32 bits per heavy atom. The number of aryl methyl sites for hydroxylation is 1. The first-order valence-corrected chi connectivity index (χ1v) is 5.45. The van der Waals surface area contributed by atoms with E-state index in [-0.39, 0.29) is 18.1 Å². The van der Waals surface area contributed by atoms with Gasteiger partial charge in [-0.05, 0) is 6.92 Å². The van der Waals surface area contributed by atoms with Gasteiger partial charge in [0.05, 0.1) is 11.5 Å². The molecule has 2 heterocycles. The lowest BCUT2D eigenvalue weighted by Crippen LogP contribution is -2.07. The van der Waals surface area contributed by atoms with Gasteiger partial charge in [-0.25, -0.2) is 4.98 Å². The van der Waals surface area contributed by atoms with Gasteiger partial charge in [-0.2, -0.15) is 4.98 Å². The smallest absolute Gasteiger partial charge is 0.329 e. The van der Waals surface area contributed by atoms with Gasteiger partial charge in [0.2, 0.25) is 11.8 Å². The lowest BCUT2D eigenvalue weighted by molar-refractivity contribution is -0.384. The van der Waals surface area contributed by atoms with Gasteiger partial charge < -0.3 is 15.2 Å². The summed E-state index contributed by atoms with van der Waals surface area (Å²) in [4.78, 5) is 18.1. The van der Waals surface area contributed by atoms with E-state index in [1.54, 1.807) is 20.0 Å². The van der Waals surface area contributed by atoms with Crippen molar-refractivity contribution in [1.82, 2.24) is 15.1 Å². The summed E-state index contributed by atoms with van der Waals surface area (Å²) in [6.45, 7) is 2.04. The summed E-state index contributed by atoms with van der Waals surface area (Å²) in [6.07, 6.45) is 1.15. The number of hydrogen-bond donors (Lipinski definition) is 2. The van der Waals surface area contributed by atoms with Gasteiger partial charge >= 0.3 is 5.69 Å². The van der Waals surface area contributed by atoms with Crippen LogP contribution in [0.1, 0.15) is 11.5 Å². The number of hydrogen-bond acceptors (Lipinski definition) is 8. The second-order valence-electron chi connectivity index (χ2n) is 3.72. The molecule has 2 rings (SSSR count). The largest absolute Gasteiger partial charge is 0.361 e. The Hall–Kier alpha value is -2.71. The Balaban J connectivity index is 2.19. The standard InChI is InChI=1S/C10H12N6O3/c1-6-3-7(15-19-6)4-12-9-8(16(17)18)5-13-10(11-2)14-9/h3,5H,4H2,1-2H3,(H2,11,12,13,14). The van der Waals surface area contributed by atoms with E-state index >= 15 is 0 Å². The predicted molar refractivity (Wildman–Crippen MR) is 66.8 cm³/mol. The molecule has 0 bridgehead atoms. The van der Waals surface area contributed by atoms with E-state index in [0.717, 1.165) is 6.20 Å². The zero-order chi connectivity index (χ0) is 13.8. The highest BCUT2D eigenvalue weighted by Gasteiger charge is 2.17. The van der Waals surface area contributed by atoms with Crippen molar-refractivity contribution < 1.29 is 9.45 Å². The third-order valence-corrected chi connectivity index (χ3v) is 2.30. The summed E-state index contributed by atoms with van der Waals surface area (Å²) >= 11 is 0. The molecule has 0 aliphatic heterocycles. The van der Waals surface area contributed by atoms with E-state index in [9.17, 15) is 10.1 Å². The van der Waals surface area contributed by atoms with Crippen LogP contribution < -0.4 is 10.6 Å². The molecule has 0 atom stereocenters. The number of nitrogens with one attached hydrogen (secondary N) is 2. The van der Waals surface area contributed by atoms with Gasteiger partial charge in [0.1, 0.15) is 17.7 Å². The molecule has 0 aliphatic carbocycles. The molecule has 0 radical (unpaired) electrons. The van der Waals surface area contributed by atoms with Crippen molar-refractivity contribution in [3.8, 4) is 0 Å². The normalized spacial score (nSPS) is 10.2. The minimum Gasteiger partial charge on any atom is -0.361 e. The molecule has 2 N–H and O–H groups in total. The summed E-state index contributed by atoms with van der Waals surface area (Å²) in [5.41, 5.74) is 0.440. The Labute approximate surface area is 108 Å². The third-order valence-electron chi connectivity index (χ3n) is 2.30. The number of anilines is 2. The maximum atomic E-state index is 10.9. The van der Waals surface area contributed by atoms with Gasteiger partial charge in [0, 0.05) is 13.1 Å². The first-order chi connectivity index (χ1) is 9.10. The lowest BCUT2D eigenvalue weighted by Gasteiger charge is -2.05. The first kappa shape index (κ1) is 12.7. The van der Waals surface area contributed by atoms with Crippen LogP contribution in [0.2, 0.25) is 0 Å². The van der Waals surface area contributed by atoms with Gasteiger partial charge in [0.15, 0.2) is 0 Å². The quantitative estimate of drug-likeness (QED) is 0.613. The van der Waals surface area contributed by atoms with Crippen LogP contribution in [-0.4, -0.2) is 27.1 Å². The summed E-state index contributed by atoms with van der Waals surface area (Å²) in [6, 6.07) is 1.74. The van der Waals surface area contributed by atoms with Gasteiger partial charge in [-0.1, -0.05) is 5.16 Å². The fourth-order valence-corrected chi connectivity index (χ4v) is 1.44. The molecule has 9 heteroatoms. The van der Waals surface area contributed by atoms with Crippen molar-refractivity contribution in [2.75, 3.05) is 17.7 Å². The van der Waals surface area contributed by atoms with Crippen molar-refractivity contribution >= 4 is 17.5 Å². The Morgan fingerprint density at radius 3 is 2.89 bits per heavy atom. The molecule has 0 saturated heterocycles. The van der Waals surface area contributed by atoms with Crippen molar-refractivity contribution in [2.45, 2.75) is 13.5 Å². The van der Waals surface area contributed by atoms with E-state index in [0.29, 0.717) is 17.4 Å². The molecule has 9 nitrogen and oxygen atoms in total. The monoisotopic (exact) mass is 264 g/mol. The van der Waals surface area contributed by atoms with Gasteiger partial charge in [0.25, 0.3) is 0 Å². The highest BCUT2D eigenvalue weighted by Crippen LogP contribution is 2.22. The molecule has 0 aromatic carbocycles. The first-order valence-electron chi connectivity index (χ1n) is 5.45. The molecule has 0 amide bonds. The third kappa shape index (κ3) is 2.94. The van der Waals surface area contributed by atoms with E-state index in [1.807, 2.05) is 0 Å². The summed E-state index contributed by atoms with van der Waals surface area (Å²) < 4.78 is 4.91. The molecular weight excluding hydrogens is 252 g/mol. The maximum absolute atomic E-state index is 10.9. The molecule has 100 valence electrons. The minimum atomic E-state index is -0.546. The number of nitrogens with zero attached hydrogens (tertiary/aromatic N) is 4. The number of aromatic nitrogens is 3. The Bertz CT molecular complexity index is 597. The second kappa shape index (κ2) is 5.29. The van der Waals surface area contributed by atoms with Crippen LogP contribution in [0.3, 0.4) is 0 Å². The van der Waals surface area contributed by atoms with Crippen LogP contribution >= 0.6 is 0 Å². The van der Waals surface area contributed by atoms with Crippen molar-refractivity contribution in [3.63, 3.8) is 0 Å². The highest BCUT2D eigenvalue weighted by atomic mass is 16.6. The van der Waals surface area contributed by atoms with Crippen molar-refractivity contribution in [1.29, 1.82) is 0 Å². The second-order valence-corrected chi connectivity index (χ2v) is 3.72. The summed E-state index contributed by atoms with van der Waals surface area (Å²) in [5, 5.41) is 20.2.